The van der Waals surface area contributed by atoms with Gasteiger partial charge in [-0.25, -0.2) is 4.79 Å². The molecular weight excluding hydrogens is 354 g/mol. The average molecular weight is 375 g/mol. The first-order valence-corrected chi connectivity index (χ1v) is 8.83. The normalized spacial score (nSPS) is 11.4. The van der Waals surface area contributed by atoms with Crippen LogP contribution < -0.4 is 10.6 Å². The second-order valence-electron chi connectivity index (χ2n) is 6.26. The minimum atomic E-state index is -0.389. The van der Waals surface area contributed by atoms with Crippen molar-refractivity contribution in [1.82, 2.24) is 10.3 Å². The predicted octanol–water partition coefficient (Wildman–Crippen LogP) is 4.10. The standard InChI is InChI=1S/C22H21N3O3/c1-15(16-6-4-3-5-7-16)24-21(26)18-12-20(14-23-13-18)25-19-10-8-17(9-11-19)22(27)28-2/h3-15,25H,1-2H3,(H,24,26). The van der Waals surface area contributed by atoms with E-state index in [2.05, 4.69) is 20.4 Å². The molecule has 3 rings (SSSR count). The summed E-state index contributed by atoms with van der Waals surface area (Å²) >= 11 is 0. The number of anilines is 2. The monoisotopic (exact) mass is 375 g/mol. The van der Waals surface area contributed by atoms with Crippen molar-refractivity contribution in [3.05, 3.63) is 89.7 Å². The van der Waals surface area contributed by atoms with E-state index < -0.39 is 0 Å². The van der Waals surface area contributed by atoms with E-state index in [9.17, 15) is 9.59 Å². The molecule has 6 heteroatoms. The molecule has 0 spiro atoms. The van der Waals surface area contributed by atoms with E-state index in [1.165, 1.54) is 13.3 Å². The number of pyridine rings is 1. The minimum absolute atomic E-state index is 0.115. The maximum atomic E-state index is 12.6. The molecule has 1 aromatic heterocycles. The average Bonchev–Trinajstić information content (AvgIpc) is 2.74. The quantitative estimate of drug-likeness (QED) is 0.634. The Morgan fingerprint density at radius 1 is 0.929 bits per heavy atom. The molecule has 0 fully saturated rings. The molecule has 1 unspecified atom stereocenters. The highest BCUT2D eigenvalue weighted by molar-refractivity contribution is 5.95. The SMILES string of the molecule is COC(=O)c1ccc(Nc2cncc(C(=O)NC(C)c3ccccc3)c2)cc1. The van der Waals surface area contributed by atoms with Gasteiger partial charge in [-0.15, -0.1) is 0 Å². The molecule has 0 aliphatic heterocycles. The predicted molar refractivity (Wildman–Crippen MR) is 108 cm³/mol. The highest BCUT2D eigenvalue weighted by Gasteiger charge is 2.12. The van der Waals surface area contributed by atoms with Gasteiger partial charge in [-0.3, -0.25) is 9.78 Å². The lowest BCUT2D eigenvalue weighted by atomic mass is 10.1. The molecule has 28 heavy (non-hydrogen) atoms. The molecule has 1 atom stereocenters. The van der Waals surface area contributed by atoms with Crippen LogP contribution >= 0.6 is 0 Å². The van der Waals surface area contributed by atoms with E-state index in [1.807, 2.05) is 37.3 Å². The first-order chi connectivity index (χ1) is 13.6. The molecule has 2 aromatic carbocycles. The summed E-state index contributed by atoms with van der Waals surface area (Å²) in [6.07, 6.45) is 3.16. The number of esters is 1. The van der Waals surface area contributed by atoms with Crippen molar-refractivity contribution in [2.24, 2.45) is 0 Å². The topological polar surface area (TPSA) is 80.3 Å². The molecule has 0 saturated heterocycles. The Labute approximate surface area is 163 Å². The van der Waals surface area contributed by atoms with Gasteiger partial charge in [-0.05, 0) is 42.8 Å². The Hall–Kier alpha value is -3.67. The zero-order valence-electron chi connectivity index (χ0n) is 15.7. The largest absolute Gasteiger partial charge is 0.465 e. The van der Waals surface area contributed by atoms with Crippen molar-refractivity contribution in [2.45, 2.75) is 13.0 Å². The molecule has 1 amide bonds. The van der Waals surface area contributed by atoms with Crippen molar-refractivity contribution in [3.8, 4) is 0 Å². The van der Waals surface area contributed by atoms with Gasteiger partial charge < -0.3 is 15.4 Å². The van der Waals surface area contributed by atoms with E-state index >= 15 is 0 Å². The molecule has 142 valence electrons. The van der Waals surface area contributed by atoms with Crippen LogP contribution in [-0.4, -0.2) is 24.0 Å². The van der Waals surface area contributed by atoms with Gasteiger partial charge in [0, 0.05) is 11.9 Å². The van der Waals surface area contributed by atoms with Crippen LogP contribution in [0, 0.1) is 0 Å². The van der Waals surface area contributed by atoms with E-state index in [4.69, 9.17) is 0 Å². The third kappa shape index (κ3) is 4.73. The maximum Gasteiger partial charge on any atom is 0.337 e. The van der Waals surface area contributed by atoms with Crippen LogP contribution in [0.25, 0.3) is 0 Å². The summed E-state index contributed by atoms with van der Waals surface area (Å²) in [4.78, 5) is 28.2. The summed E-state index contributed by atoms with van der Waals surface area (Å²) in [7, 11) is 1.34. The Morgan fingerprint density at radius 2 is 1.64 bits per heavy atom. The van der Waals surface area contributed by atoms with E-state index in [0.29, 0.717) is 16.8 Å². The van der Waals surface area contributed by atoms with Crippen molar-refractivity contribution in [2.75, 3.05) is 12.4 Å². The number of nitrogens with one attached hydrogen (secondary N) is 2. The molecule has 0 aliphatic rings. The van der Waals surface area contributed by atoms with Crippen LogP contribution in [0.5, 0.6) is 0 Å². The second kappa shape index (κ2) is 8.81. The van der Waals surface area contributed by atoms with Gasteiger partial charge in [-0.1, -0.05) is 30.3 Å². The van der Waals surface area contributed by atoms with Crippen molar-refractivity contribution >= 4 is 23.3 Å². The van der Waals surface area contributed by atoms with Crippen molar-refractivity contribution in [3.63, 3.8) is 0 Å². The first-order valence-electron chi connectivity index (χ1n) is 8.83. The molecule has 3 aromatic rings. The third-order valence-electron chi connectivity index (χ3n) is 4.24. The van der Waals surface area contributed by atoms with E-state index in [-0.39, 0.29) is 17.9 Å². The summed E-state index contributed by atoms with van der Waals surface area (Å²) in [5.41, 5.74) is 3.40. The minimum Gasteiger partial charge on any atom is -0.465 e. The number of nitrogens with zero attached hydrogens (tertiary/aromatic N) is 1. The lowest BCUT2D eigenvalue weighted by Gasteiger charge is -2.14. The van der Waals surface area contributed by atoms with Crippen LogP contribution in [0.1, 0.15) is 39.2 Å². The Morgan fingerprint density at radius 3 is 2.32 bits per heavy atom. The Bertz CT molecular complexity index is 956. The van der Waals surface area contributed by atoms with Gasteiger partial charge in [0.2, 0.25) is 0 Å². The highest BCUT2D eigenvalue weighted by atomic mass is 16.5. The number of carbonyl (C=O) groups is 2. The zero-order valence-corrected chi connectivity index (χ0v) is 15.7. The number of rotatable bonds is 6. The molecular formula is C22H21N3O3. The van der Waals surface area contributed by atoms with Crippen LogP contribution in [0.3, 0.4) is 0 Å². The van der Waals surface area contributed by atoms with Crippen molar-refractivity contribution in [1.29, 1.82) is 0 Å². The molecule has 6 nitrogen and oxygen atoms in total. The third-order valence-corrected chi connectivity index (χ3v) is 4.24. The van der Waals surface area contributed by atoms with Gasteiger partial charge in [-0.2, -0.15) is 0 Å². The number of carbonyl (C=O) groups excluding carboxylic acids is 2. The molecule has 0 saturated carbocycles. The van der Waals surface area contributed by atoms with Gasteiger partial charge in [0.05, 0.1) is 36.2 Å². The first kappa shape index (κ1) is 19.1. The van der Waals surface area contributed by atoms with Gasteiger partial charge in [0.25, 0.3) is 5.91 Å². The summed E-state index contributed by atoms with van der Waals surface area (Å²) < 4.78 is 4.69. The summed E-state index contributed by atoms with van der Waals surface area (Å²) in [5, 5.41) is 6.15. The fourth-order valence-electron chi connectivity index (χ4n) is 2.71. The number of ether oxygens (including phenoxy) is 1. The summed E-state index contributed by atoms with van der Waals surface area (Å²) in [6.45, 7) is 1.94. The Balaban J connectivity index is 1.68. The highest BCUT2D eigenvalue weighted by Crippen LogP contribution is 2.19. The number of amides is 1. The summed E-state index contributed by atoms with van der Waals surface area (Å²) in [5.74, 6) is -0.590. The lowest BCUT2D eigenvalue weighted by Crippen LogP contribution is -2.26. The lowest BCUT2D eigenvalue weighted by molar-refractivity contribution is 0.0600. The second-order valence-corrected chi connectivity index (χ2v) is 6.26. The van der Waals surface area contributed by atoms with Crippen LogP contribution in [0.4, 0.5) is 11.4 Å². The fourth-order valence-corrected chi connectivity index (χ4v) is 2.71. The number of hydrogen-bond donors (Lipinski definition) is 2. The van der Waals surface area contributed by atoms with Crippen LogP contribution in [0.2, 0.25) is 0 Å². The molecule has 0 radical (unpaired) electrons. The fraction of sp³-hybridized carbons (Fsp3) is 0.136. The maximum absolute atomic E-state index is 12.6. The molecule has 0 bridgehead atoms. The number of benzene rings is 2. The van der Waals surface area contributed by atoms with E-state index in [0.717, 1.165) is 11.3 Å². The number of hydrogen-bond acceptors (Lipinski definition) is 5. The summed E-state index contributed by atoms with van der Waals surface area (Å²) in [6, 6.07) is 18.2. The Kier molecular flexibility index (Phi) is 6.01. The molecule has 1 heterocycles. The van der Waals surface area contributed by atoms with Crippen molar-refractivity contribution < 1.29 is 14.3 Å². The number of aromatic nitrogens is 1. The smallest absolute Gasteiger partial charge is 0.337 e. The number of methoxy groups -OCH3 is 1. The van der Waals surface area contributed by atoms with Gasteiger partial charge in [0.1, 0.15) is 0 Å². The van der Waals surface area contributed by atoms with Gasteiger partial charge in [0.15, 0.2) is 0 Å². The zero-order chi connectivity index (χ0) is 19.9. The van der Waals surface area contributed by atoms with Crippen LogP contribution in [-0.2, 0) is 4.74 Å². The molecule has 2 N–H and O–H groups in total. The van der Waals surface area contributed by atoms with E-state index in [1.54, 1.807) is 36.5 Å². The molecule has 0 aliphatic carbocycles. The van der Waals surface area contributed by atoms with Gasteiger partial charge >= 0.3 is 5.97 Å². The van der Waals surface area contributed by atoms with Crippen LogP contribution in [0.15, 0.2) is 73.1 Å².